The van der Waals surface area contributed by atoms with Crippen LogP contribution in [0.2, 0.25) is 0 Å². The predicted octanol–water partition coefficient (Wildman–Crippen LogP) is 2.93. The Balaban J connectivity index is 2.25. The number of hydrogen-bond acceptors (Lipinski definition) is 7. The molecule has 33 heavy (non-hydrogen) atoms. The van der Waals surface area contributed by atoms with E-state index in [-0.39, 0.29) is 36.2 Å². The second kappa shape index (κ2) is 12.3. The highest BCUT2D eigenvalue weighted by atomic mass is 16.6. The van der Waals surface area contributed by atoms with E-state index in [0.717, 1.165) is 5.56 Å². The van der Waals surface area contributed by atoms with Crippen molar-refractivity contribution in [3.05, 3.63) is 58.1 Å². The maximum Gasteiger partial charge on any atom is 0.311 e. The van der Waals surface area contributed by atoms with Gasteiger partial charge in [-0.3, -0.25) is 19.7 Å². The van der Waals surface area contributed by atoms with Gasteiger partial charge in [0, 0.05) is 25.2 Å². The largest absolute Gasteiger partial charge is 0.497 e. The number of nitro groups is 1. The van der Waals surface area contributed by atoms with E-state index in [9.17, 15) is 19.7 Å². The Kier molecular flexibility index (Phi) is 9.46. The van der Waals surface area contributed by atoms with E-state index in [0.29, 0.717) is 18.7 Å². The Labute approximate surface area is 192 Å². The smallest absolute Gasteiger partial charge is 0.311 e. The number of amides is 2. The molecular weight excluding hydrogens is 430 g/mol. The molecule has 10 nitrogen and oxygen atoms in total. The van der Waals surface area contributed by atoms with Crippen LogP contribution in [0.4, 0.5) is 5.69 Å². The number of nitro benzene ring substituents is 1. The standard InChI is InChI=1S/C23H29N3O7/c1-5-19(23(28)24-6-2)25(14-16-8-7-9-17(12-16)31-3)22(27)15-33-18-10-11-20(26(29)30)21(13-18)32-4/h7-13,19H,5-6,14-15H2,1-4H3,(H,24,28). The molecule has 2 aromatic rings. The Morgan fingerprint density at radius 1 is 1.09 bits per heavy atom. The molecule has 0 radical (unpaired) electrons. The molecule has 2 rings (SSSR count). The summed E-state index contributed by atoms with van der Waals surface area (Å²) in [5.41, 5.74) is 0.584. The summed E-state index contributed by atoms with van der Waals surface area (Å²) in [5.74, 6) is 0.229. The van der Waals surface area contributed by atoms with Gasteiger partial charge in [0.15, 0.2) is 6.61 Å². The topological polar surface area (TPSA) is 120 Å². The molecule has 0 aliphatic heterocycles. The fourth-order valence-corrected chi connectivity index (χ4v) is 3.31. The van der Waals surface area contributed by atoms with E-state index in [1.807, 2.05) is 26.0 Å². The number of likely N-dealkylation sites (N-methyl/N-ethyl adjacent to an activating group) is 1. The predicted molar refractivity (Wildman–Crippen MR) is 121 cm³/mol. The van der Waals surface area contributed by atoms with Crippen LogP contribution in [0.15, 0.2) is 42.5 Å². The molecule has 10 heteroatoms. The summed E-state index contributed by atoms with van der Waals surface area (Å²) in [4.78, 5) is 37.8. The van der Waals surface area contributed by atoms with Crippen molar-refractivity contribution in [2.24, 2.45) is 0 Å². The van der Waals surface area contributed by atoms with Crippen molar-refractivity contribution < 1.29 is 28.7 Å². The van der Waals surface area contributed by atoms with Crippen molar-refractivity contribution in [3.63, 3.8) is 0 Å². The van der Waals surface area contributed by atoms with Crippen molar-refractivity contribution in [1.82, 2.24) is 10.2 Å². The number of hydrogen-bond donors (Lipinski definition) is 1. The number of rotatable bonds is 12. The van der Waals surface area contributed by atoms with Crippen LogP contribution in [0.25, 0.3) is 0 Å². The number of carbonyl (C=O) groups is 2. The third-order valence-electron chi connectivity index (χ3n) is 4.93. The van der Waals surface area contributed by atoms with Crippen LogP contribution >= 0.6 is 0 Å². The third kappa shape index (κ3) is 6.83. The fourth-order valence-electron chi connectivity index (χ4n) is 3.31. The molecule has 0 spiro atoms. The van der Waals surface area contributed by atoms with Crippen LogP contribution in [0.1, 0.15) is 25.8 Å². The molecule has 1 atom stereocenters. The highest BCUT2D eigenvalue weighted by molar-refractivity contribution is 5.88. The van der Waals surface area contributed by atoms with Gasteiger partial charge >= 0.3 is 5.69 Å². The monoisotopic (exact) mass is 459 g/mol. The van der Waals surface area contributed by atoms with Crippen molar-refractivity contribution in [2.45, 2.75) is 32.9 Å². The van der Waals surface area contributed by atoms with Gasteiger partial charge in [-0.2, -0.15) is 0 Å². The highest BCUT2D eigenvalue weighted by Crippen LogP contribution is 2.30. The lowest BCUT2D eigenvalue weighted by Crippen LogP contribution is -2.50. The second-order valence-corrected chi connectivity index (χ2v) is 7.07. The van der Waals surface area contributed by atoms with Crippen LogP contribution in [0, 0.1) is 10.1 Å². The van der Waals surface area contributed by atoms with Gasteiger partial charge in [-0.25, -0.2) is 0 Å². The van der Waals surface area contributed by atoms with Crippen LogP contribution in [-0.4, -0.2) is 55.1 Å². The molecule has 0 heterocycles. The summed E-state index contributed by atoms with van der Waals surface area (Å²) in [6.45, 7) is 3.90. The first-order valence-electron chi connectivity index (χ1n) is 10.5. The van der Waals surface area contributed by atoms with E-state index in [2.05, 4.69) is 5.32 Å². The van der Waals surface area contributed by atoms with Crippen molar-refractivity contribution in [1.29, 1.82) is 0 Å². The maximum atomic E-state index is 13.2. The molecule has 0 aliphatic carbocycles. The van der Waals surface area contributed by atoms with Gasteiger partial charge in [-0.05, 0) is 37.1 Å². The number of nitrogens with zero attached hydrogens (tertiary/aromatic N) is 2. The SMILES string of the molecule is CCNC(=O)C(CC)N(Cc1cccc(OC)c1)C(=O)COc1ccc([N+](=O)[O-])c(OC)c1. The van der Waals surface area contributed by atoms with Gasteiger partial charge in [0.1, 0.15) is 17.5 Å². The Bertz CT molecular complexity index is 980. The summed E-state index contributed by atoms with van der Waals surface area (Å²) in [5, 5.41) is 13.8. The molecule has 2 aromatic carbocycles. The zero-order valence-corrected chi connectivity index (χ0v) is 19.2. The zero-order chi connectivity index (χ0) is 24.4. The average molecular weight is 459 g/mol. The van der Waals surface area contributed by atoms with Gasteiger partial charge in [-0.1, -0.05) is 19.1 Å². The van der Waals surface area contributed by atoms with E-state index in [4.69, 9.17) is 14.2 Å². The zero-order valence-electron chi connectivity index (χ0n) is 19.2. The molecule has 0 saturated carbocycles. The minimum Gasteiger partial charge on any atom is -0.497 e. The van der Waals surface area contributed by atoms with Crippen LogP contribution in [0.3, 0.4) is 0 Å². The number of ether oxygens (including phenoxy) is 3. The van der Waals surface area contributed by atoms with Crippen LogP contribution in [-0.2, 0) is 16.1 Å². The average Bonchev–Trinajstić information content (AvgIpc) is 2.82. The lowest BCUT2D eigenvalue weighted by atomic mass is 10.1. The number of benzene rings is 2. The van der Waals surface area contributed by atoms with E-state index < -0.39 is 16.9 Å². The summed E-state index contributed by atoms with van der Waals surface area (Å²) >= 11 is 0. The molecule has 0 aliphatic rings. The van der Waals surface area contributed by atoms with E-state index in [1.165, 1.54) is 30.2 Å². The Morgan fingerprint density at radius 3 is 2.45 bits per heavy atom. The van der Waals surface area contributed by atoms with Crippen molar-refractivity contribution in [2.75, 3.05) is 27.4 Å². The van der Waals surface area contributed by atoms with Gasteiger partial charge < -0.3 is 24.4 Å². The minimum atomic E-state index is -0.696. The number of nitrogens with one attached hydrogen (secondary N) is 1. The third-order valence-corrected chi connectivity index (χ3v) is 4.93. The highest BCUT2D eigenvalue weighted by Gasteiger charge is 2.29. The van der Waals surface area contributed by atoms with E-state index >= 15 is 0 Å². The quantitative estimate of drug-likeness (QED) is 0.383. The number of methoxy groups -OCH3 is 2. The lowest BCUT2D eigenvalue weighted by molar-refractivity contribution is -0.385. The van der Waals surface area contributed by atoms with Crippen LogP contribution < -0.4 is 19.5 Å². The Morgan fingerprint density at radius 2 is 1.85 bits per heavy atom. The van der Waals surface area contributed by atoms with Crippen molar-refractivity contribution in [3.8, 4) is 17.2 Å². The Hall–Kier alpha value is -3.82. The first kappa shape index (κ1) is 25.4. The summed E-state index contributed by atoms with van der Waals surface area (Å²) in [6.07, 6.45) is 0.410. The van der Waals surface area contributed by atoms with Gasteiger partial charge in [-0.15, -0.1) is 0 Å². The van der Waals surface area contributed by atoms with Gasteiger partial charge in [0.2, 0.25) is 11.7 Å². The van der Waals surface area contributed by atoms with Gasteiger partial charge in [0.25, 0.3) is 5.91 Å². The lowest BCUT2D eigenvalue weighted by Gasteiger charge is -2.30. The molecule has 178 valence electrons. The number of carbonyl (C=O) groups excluding carboxylic acids is 2. The second-order valence-electron chi connectivity index (χ2n) is 7.07. The molecule has 0 bridgehead atoms. The fraction of sp³-hybridized carbons (Fsp3) is 0.391. The van der Waals surface area contributed by atoms with E-state index in [1.54, 1.807) is 19.2 Å². The van der Waals surface area contributed by atoms with Gasteiger partial charge in [0.05, 0.1) is 19.1 Å². The summed E-state index contributed by atoms with van der Waals surface area (Å²) in [7, 11) is 2.86. The molecular formula is C23H29N3O7. The molecule has 1 N–H and O–H groups in total. The molecule has 2 amide bonds. The molecule has 0 saturated heterocycles. The maximum absolute atomic E-state index is 13.2. The summed E-state index contributed by atoms with van der Waals surface area (Å²) < 4.78 is 15.9. The first-order chi connectivity index (χ1) is 15.8. The normalized spacial score (nSPS) is 11.3. The molecule has 0 fully saturated rings. The molecule has 1 unspecified atom stereocenters. The molecule has 0 aromatic heterocycles. The van der Waals surface area contributed by atoms with Crippen LogP contribution in [0.5, 0.6) is 17.2 Å². The minimum absolute atomic E-state index is 0.0203. The first-order valence-corrected chi connectivity index (χ1v) is 10.5. The summed E-state index contributed by atoms with van der Waals surface area (Å²) in [6, 6.07) is 10.5. The van der Waals surface area contributed by atoms with Crippen molar-refractivity contribution >= 4 is 17.5 Å².